The molecule has 0 saturated heterocycles. The zero-order valence-corrected chi connectivity index (χ0v) is 22.8. The number of sulfone groups is 1. The van der Waals surface area contributed by atoms with Crippen LogP contribution in [0.1, 0.15) is 46.9 Å². The van der Waals surface area contributed by atoms with E-state index in [2.05, 4.69) is 9.97 Å². The summed E-state index contributed by atoms with van der Waals surface area (Å²) in [5.41, 5.74) is 1.68. The molecule has 4 rings (SSSR count). The number of nitrogens with zero attached hydrogens (tertiary/aromatic N) is 3. The molecule has 0 aliphatic carbocycles. The van der Waals surface area contributed by atoms with Crippen molar-refractivity contribution in [2.75, 3.05) is 12.0 Å². The molecule has 0 fully saturated rings. The van der Waals surface area contributed by atoms with Crippen molar-refractivity contribution in [3.05, 3.63) is 101 Å². The molecular weight excluding hydrogens is 543 g/mol. The molecule has 0 N–H and O–H groups in total. The minimum absolute atomic E-state index is 0.0964. The Bertz CT molecular complexity index is 1510. The highest BCUT2D eigenvalue weighted by Crippen LogP contribution is 2.29. The van der Waals surface area contributed by atoms with Crippen LogP contribution < -0.4 is 4.74 Å². The van der Waals surface area contributed by atoms with Crippen LogP contribution in [0.4, 0.5) is 13.2 Å². The molecule has 0 radical (unpaired) electrons. The number of alkyl halides is 3. The summed E-state index contributed by atoms with van der Waals surface area (Å²) in [5.74, 6) is 1.91. The van der Waals surface area contributed by atoms with Gasteiger partial charge in [0.15, 0.2) is 0 Å². The fraction of sp³-hybridized carbons (Fsp3) is 0.310. The quantitative estimate of drug-likeness (QED) is 0.176. The van der Waals surface area contributed by atoms with Gasteiger partial charge in [0.2, 0.25) is 5.89 Å². The van der Waals surface area contributed by atoms with Gasteiger partial charge in [0, 0.05) is 37.7 Å². The summed E-state index contributed by atoms with van der Waals surface area (Å²) < 4.78 is 74.1. The van der Waals surface area contributed by atoms with E-state index in [1.165, 1.54) is 30.2 Å². The van der Waals surface area contributed by atoms with Gasteiger partial charge in [-0.2, -0.15) is 13.2 Å². The molecule has 0 unspecified atom stereocenters. The lowest BCUT2D eigenvalue weighted by atomic mass is 10.1. The van der Waals surface area contributed by atoms with Gasteiger partial charge in [-0.3, -0.25) is 0 Å². The Kier molecular flexibility index (Phi) is 9.46. The summed E-state index contributed by atoms with van der Waals surface area (Å²) in [4.78, 5) is 8.60. The molecule has 4 aromatic rings. The maximum absolute atomic E-state index is 12.7. The van der Waals surface area contributed by atoms with Gasteiger partial charge in [-0.1, -0.05) is 24.3 Å². The summed E-state index contributed by atoms with van der Waals surface area (Å²) in [6.45, 7) is 1.00. The van der Waals surface area contributed by atoms with E-state index in [9.17, 15) is 21.6 Å². The number of unbranched alkanes of at least 4 members (excludes halogenated alkanes) is 1. The van der Waals surface area contributed by atoms with Crippen molar-refractivity contribution >= 4 is 22.0 Å². The molecule has 11 heteroatoms. The lowest BCUT2D eigenvalue weighted by molar-refractivity contribution is -0.137. The molecule has 2 aromatic heterocycles. The van der Waals surface area contributed by atoms with Crippen LogP contribution in [0.5, 0.6) is 5.75 Å². The Morgan fingerprint density at radius 2 is 1.75 bits per heavy atom. The average Bonchev–Trinajstić information content (AvgIpc) is 3.57. The van der Waals surface area contributed by atoms with Crippen LogP contribution in [0.15, 0.2) is 71.6 Å². The van der Waals surface area contributed by atoms with E-state index >= 15 is 0 Å². The zero-order chi connectivity index (χ0) is 28.6. The fourth-order valence-electron chi connectivity index (χ4n) is 3.99. The first kappa shape index (κ1) is 29.1. The summed E-state index contributed by atoms with van der Waals surface area (Å²) >= 11 is 0. The molecular formula is C29H30F3N3O4S. The van der Waals surface area contributed by atoms with Crippen LogP contribution in [-0.4, -0.2) is 35.0 Å². The minimum Gasteiger partial charge on any atom is -0.487 e. The number of rotatable bonds is 13. The van der Waals surface area contributed by atoms with E-state index in [-0.39, 0.29) is 12.4 Å². The van der Waals surface area contributed by atoms with Crippen molar-refractivity contribution in [3.63, 3.8) is 0 Å². The Morgan fingerprint density at radius 3 is 2.45 bits per heavy atom. The number of halogens is 3. The normalized spacial score (nSPS) is 12.3. The van der Waals surface area contributed by atoms with E-state index in [0.717, 1.165) is 43.8 Å². The molecule has 0 atom stereocenters. The van der Waals surface area contributed by atoms with E-state index in [4.69, 9.17) is 9.15 Å². The average molecular weight is 574 g/mol. The van der Waals surface area contributed by atoms with E-state index in [1.807, 2.05) is 35.0 Å². The summed E-state index contributed by atoms with van der Waals surface area (Å²) in [6, 6.07) is 12.7. The van der Waals surface area contributed by atoms with Crippen LogP contribution in [0.3, 0.4) is 0 Å². The molecule has 0 bridgehead atoms. The molecule has 7 nitrogen and oxygen atoms in total. The number of hydrogen-bond donors (Lipinski definition) is 0. The summed E-state index contributed by atoms with van der Waals surface area (Å²) in [5, 5.41) is 0. The van der Waals surface area contributed by atoms with Crippen LogP contribution in [0, 0.1) is 0 Å². The predicted molar refractivity (Wildman–Crippen MR) is 146 cm³/mol. The van der Waals surface area contributed by atoms with Gasteiger partial charge in [-0.25, -0.2) is 18.4 Å². The first-order valence-electron chi connectivity index (χ1n) is 12.7. The third-order valence-electron chi connectivity index (χ3n) is 6.15. The molecule has 212 valence electrons. The molecule has 40 heavy (non-hydrogen) atoms. The largest absolute Gasteiger partial charge is 0.487 e. The SMILES string of the molecule is CS(=O)(=O)CCc1nccn1CCCCc1ccc(OCc2coc(/C=C/c3ccc(C(F)(F)F)cc3)n2)cc1. The van der Waals surface area contributed by atoms with E-state index in [0.29, 0.717) is 29.3 Å². The highest BCUT2D eigenvalue weighted by Gasteiger charge is 2.29. The van der Waals surface area contributed by atoms with Gasteiger partial charge in [0.05, 0.1) is 11.3 Å². The Hall–Kier alpha value is -3.86. The maximum atomic E-state index is 12.7. The van der Waals surface area contributed by atoms with E-state index < -0.39 is 21.6 Å². The second kappa shape index (κ2) is 13.0. The van der Waals surface area contributed by atoms with Crippen LogP contribution >= 0.6 is 0 Å². The number of benzene rings is 2. The second-order valence-electron chi connectivity index (χ2n) is 9.44. The Morgan fingerprint density at radius 1 is 1.00 bits per heavy atom. The standard InChI is InChI=1S/C29H30F3N3O4S/c1-40(36,37)19-15-27-33-16-18-35(27)17-3-2-4-22-7-12-26(13-8-22)38-20-25-21-39-28(34-25)14-9-23-5-10-24(11-6-23)29(30,31)32/h5-14,16,18,21H,2-4,15,17,19-20H2,1H3/b14-9+. The molecule has 0 amide bonds. The fourth-order valence-corrected chi connectivity index (χ4v) is 4.54. The van der Waals surface area contributed by atoms with Gasteiger partial charge in [0.1, 0.15) is 40.0 Å². The third kappa shape index (κ3) is 9.11. The first-order chi connectivity index (χ1) is 19.0. The van der Waals surface area contributed by atoms with Gasteiger partial charge >= 0.3 is 6.18 Å². The van der Waals surface area contributed by atoms with E-state index in [1.54, 1.807) is 18.3 Å². The highest BCUT2D eigenvalue weighted by molar-refractivity contribution is 7.90. The molecule has 0 spiro atoms. The van der Waals surface area contributed by atoms with Crippen molar-refractivity contribution < 1.29 is 30.7 Å². The topological polar surface area (TPSA) is 87.2 Å². The predicted octanol–water partition coefficient (Wildman–Crippen LogP) is 6.25. The van der Waals surface area contributed by atoms with Gasteiger partial charge in [-0.15, -0.1) is 0 Å². The highest BCUT2D eigenvalue weighted by atomic mass is 32.2. The number of oxazole rings is 1. The number of imidazole rings is 1. The molecule has 2 aromatic carbocycles. The van der Waals surface area contributed by atoms with Crippen molar-refractivity contribution in [2.24, 2.45) is 0 Å². The van der Waals surface area contributed by atoms with Crippen LogP contribution in [-0.2, 0) is 42.0 Å². The zero-order valence-electron chi connectivity index (χ0n) is 22.0. The summed E-state index contributed by atoms with van der Waals surface area (Å²) in [7, 11) is -3.02. The monoisotopic (exact) mass is 573 g/mol. The number of aromatic nitrogens is 3. The number of ether oxygens (including phenoxy) is 1. The molecule has 0 aliphatic rings. The number of hydrogen-bond acceptors (Lipinski definition) is 6. The van der Waals surface area contributed by atoms with Crippen molar-refractivity contribution in [1.29, 1.82) is 0 Å². The van der Waals surface area contributed by atoms with Crippen LogP contribution in [0.2, 0.25) is 0 Å². The number of aryl methyl sites for hydroxylation is 3. The third-order valence-corrected chi connectivity index (χ3v) is 7.09. The van der Waals surface area contributed by atoms with Crippen LogP contribution in [0.25, 0.3) is 12.2 Å². The molecule has 2 heterocycles. The van der Waals surface area contributed by atoms with Crippen molar-refractivity contribution in [3.8, 4) is 5.75 Å². The Labute approximate surface area is 231 Å². The van der Waals surface area contributed by atoms with Crippen molar-refractivity contribution in [1.82, 2.24) is 14.5 Å². The van der Waals surface area contributed by atoms with Crippen molar-refractivity contribution in [2.45, 2.75) is 45.0 Å². The van der Waals surface area contributed by atoms with Gasteiger partial charge < -0.3 is 13.7 Å². The molecule has 0 saturated carbocycles. The smallest absolute Gasteiger partial charge is 0.416 e. The maximum Gasteiger partial charge on any atom is 0.416 e. The van der Waals surface area contributed by atoms with Gasteiger partial charge in [-0.05, 0) is 60.7 Å². The second-order valence-corrected chi connectivity index (χ2v) is 11.7. The Balaban J connectivity index is 1.18. The lowest BCUT2D eigenvalue weighted by Crippen LogP contribution is -2.11. The molecule has 0 aliphatic heterocycles. The lowest BCUT2D eigenvalue weighted by Gasteiger charge is -2.08. The summed E-state index contributed by atoms with van der Waals surface area (Å²) in [6.07, 6.45) is 8.41. The first-order valence-corrected chi connectivity index (χ1v) is 14.8. The van der Waals surface area contributed by atoms with Gasteiger partial charge in [0.25, 0.3) is 0 Å². The minimum atomic E-state index is -4.36.